The van der Waals surface area contributed by atoms with Gasteiger partial charge in [0.05, 0.1) is 18.8 Å². The van der Waals surface area contributed by atoms with Crippen LogP contribution >= 0.6 is 11.8 Å². The van der Waals surface area contributed by atoms with Gasteiger partial charge in [0.15, 0.2) is 0 Å². The first-order chi connectivity index (χ1) is 15.6. The number of rotatable bonds is 12. The molecule has 0 radical (unpaired) electrons. The van der Waals surface area contributed by atoms with Crippen molar-refractivity contribution < 1.29 is 14.3 Å². The Morgan fingerprint density at radius 1 is 1.16 bits per heavy atom. The molecule has 1 aliphatic heterocycles. The Balaban J connectivity index is 1.98. The molecule has 1 aliphatic rings. The second-order valence-corrected chi connectivity index (χ2v) is 8.90. The van der Waals surface area contributed by atoms with Crippen LogP contribution < -0.4 is 10.1 Å². The normalized spacial score (nSPS) is 15.3. The molecule has 2 aromatic rings. The van der Waals surface area contributed by atoms with Crippen molar-refractivity contribution in [2.45, 2.75) is 71.0 Å². The van der Waals surface area contributed by atoms with E-state index in [0.717, 1.165) is 54.9 Å². The van der Waals surface area contributed by atoms with Crippen LogP contribution in [0.2, 0.25) is 0 Å². The van der Waals surface area contributed by atoms with E-state index in [4.69, 9.17) is 14.6 Å². The highest BCUT2D eigenvalue weighted by Gasteiger charge is 2.35. The number of esters is 1. The van der Waals surface area contributed by atoms with E-state index in [2.05, 4.69) is 24.1 Å². The molecule has 0 spiro atoms. The minimum absolute atomic E-state index is 0.333. The molecular weight excluding hydrogens is 424 g/mol. The van der Waals surface area contributed by atoms with Gasteiger partial charge in [-0.2, -0.15) is 4.98 Å². The summed E-state index contributed by atoms with van der Waals surface area (Å²) < 4.78 is 13.3. The Morgan fingerprint density at radius 2 is 1.97 bits per heavy atom. The Kier molecular flexibility index (Phi) is 9.02. The smallest absolute Gasteiger partial charge is 0.338 e. The Morgan fingerprint density at radius 3 is 2.72 bits per heavy atom. The number of thioether (sulfide) groups is 1. The molecule has 1 N–H and O–H groups in total. The van der Waals surface area contributed by atoms with Gasteiger partial charge in [-0.3, -0.25) is 0 Å². The summed E-state index contributed by atoms with van der Waals surface area (Å²) in [6.45, 7) is 9.22. The molecule has 1 aromatic heterocycles. The van der Waals surface area contributed by atoms with Crippen molar-refractivity contribution >= 4 is 23.7 Å². The summed E-state index contributed by atoms with van der Waals surface area (Å²) in [7, 11) is 0. The molecule has 8 heteroatoms. The highest BCUT2D eigenvalue weighted by atomic mass is 32.2. The monoisotopic (exact) mass is 458 g/mol. The number of carbonyl (C=O) groups excluding carboxylic acids is 1. The summed E-state index contributed by atoms with van der Waals surface area (Å²) in [5, 5.41) is 8.72. The maximum atomic E-state index is 13.1. The molecule has 32 heavy (non-hydrogen) atoms. The predicted octanol–water partition coefficient (Wildman–Crippen LogP) is 5.59. The van der Waals surface area contributed by atoms with Gasteiger partial charge >= 0.3 is 5.97 Å². The van der Waals surface area contributed by atoms with Crippen LogP contribution in [0.1, 0.15) is 71.4 Å². The van der Waals surface area contributed by atoms with Crippen LogP contribution in [-0.4, -0.2) is 39.7 Å². The first-order valence-electron chi connectivity index (χ1n) is 11.6. The molecule has 0 saturated heterocycles. The van der Waals surface area contributed by atoms with E-state index in [0.29, 0.717) is 29.9 Å². The number of carbonyl (C=O) groups is 1. The molecule has 174 valence electrons. The van der Waals surface area contributed by atoms with Crippen molar-refractivity contribution in [2.24, 2.45) is 0 Å². The van der Waals surface area contributed by atoms with Crippen molar-refractivity contribution in [2.75, 3.05) is 24.3 Å². The molecule has 3 rings (SSSR count). The largest absolute Gasteiger partial charge is 0.494 e. The van der Waals surface area contributed by atoms with Crippen LogP contribution in [0.25, 0.3) is 0 Å². The van der Waals surface area contributed by atoms with E-state index in [1.54, 1.807) is 16.4 Å². The number of hydrogen-bond donors (Lipinski definition) is 1. The van der Waals surface area contributed by atoms with Crippen LogP contribution in [0.4, 0.5) is 5.95 Å². The van der Waals surface area contributed by atoms with Crippen LogP contribution in [0.3, 0.4) is 0 Å². The number of anilines is 1. The van der Waals surface area contributed by atoms with Gasteiger partial charge in [-0.15, -0.1) is 5.10 Å². The molecular formula is C24H34N4O3S. The van der Waals surface area contributed by atoms with E-state index in [1.165, 1.54) is 0 Å². The number of hydrogen-bond acceptors (Lipinski definition) is 7. The van der Waals surface area contributed by atoms with Gasteiger partial charge < -0.3 is 14.8 Å². The maximum Gasteiger partial charge on any atom is 0.338 e. The molecule has 0 bridgehead atoms. The van der Waals surface area contributed by atoms with Gasteiger partial charge in [0.25, 0.3) is 0 Å². The maximum absolute atomic E-state index is 13.1. The Bertz CT molecular complexity index is 941. The zero-order valence-electron chi connectivity index (χ0n) is 19.5. The van der Waals surface area contributed by atoms with Gasteiger partial charge in [-0.05, 0) is 43.9 Å². The zero-order valence-corrected chi connectivity index (χ0v) is 20.3. The van der Waals surface area contributed by atoms with Crippen LogP contribution in [0, 0.1) is 0 Å². The van der Waals surface area contributed by atoms with Crippen LogP contribution in [0.5, 0.6) is 5.75 Å². The number of unbranched alkanes of at least 4 members (excludes halogenated alkanes) is 2. The summed E-state index contributed by atoms with van der Waals surface area (Å²) in [6, 6.07) is 7.45. The SMILES string of the molecule is CCCCOc1cccc(C2C(C(=O)OCCC)=C(C)Nc3nc(SCCCC)nn32)c1. The third-order valence-corrected chi connectivity index (χ3v) is 6.08. The van der Waals surface area contributed by atoms with E-state index >= 15 is 0 Å². The van der Waals surface area contributed by atoms with E-state index in [1.807, 2.05) is 38.1 Å². The average molecular weight is 459 g/mol. The highest BCUT2D eigenvalue weighted by Crippen LogP contribution is 2.37. The van der Waals surface area contributed by atoms with Gasteiger partial charge in [-0.1, -0.05) is 57.5 Å². The third-order valence-electron chi connectivity index (χ3n) is 5.16. The molecule has 7 nitrogen and oxygen atoms in total. The van der Waals surface area contributed by atoms with Gasteiger partial charge in [0.1, 0.15) is 11.8 Å². The third kappa shape index (κ3) is 5.85. The Hall–Kier alpha value is -2.48. The predicted molar refractivity (Wildman–Crippen MR) is 128 cm³/mol. The summed E-state index contributed by atoms with van der Waals surface area (Å²) in [4.78, 5) is 17.7. The standard InChI is InChI=1S/C24H34N4O3S/c1-5-8-14-30-19-12-10-11-18(16-19)21-20(22(29)31-13-7-3)17(4)25-23-26-24(27-28(21)23)32-15-9-6-2/h10-12,16,21H,5-9,13-15H2,1-4H3,(H,25,26,27). The summed E-state index contributed by atoms with van der Waals surface area (Å²) >= 11 is 1.63. The van der Waals surface area contributed by atoms with Gasteiger partial charge in [0, 0.05) is 11.4 Å². The van der Waals surface area contributed by atoms with E-state index in [-0.39, 0.29) is 5.97 Å². The van der Waals surface area contributed by atoms with Crippen molar-refractivity contribution in [3.8, 4) is 5.75 Å². The Labute approximate surface area is 195 Å². The summed E-state index contributed by atoms with van der Waals surface area (Å²) in [5.74, 6) is 2.05. The van der Waals surface area contributed by atoms with Crippen molar-refractivity contribution in [3.05, 3.63) is 41.1 Å². The van der Waals surface area contributed by atoms with Crippen molar-refractivity contribution in [3.63, 3.8) is 0 Å². The fourth-order valence-electron chi connectivity index (χ4n) is 3.45. The number of benzene rings is 1. The quantitative estimate of drug-likeness (QED) is 0.252. The second kappa shape index (κ2) is 11.9. The average Bonchev–Trinajstić information content (AvgIpc) is 3.19. The molecule has 1 aromatic carbocycles. The van der Waals surface area contributed by atoms with Crippen LogP contribution in [0.15, 0.2) is 40.7 Å². The van der Waals surface area contributed by atoms with Gasteiger partial charge in [-0.25, -0.2) is 9.48 Å². The summed E-state index contributed by atoms with van der Waals surface area (Å²) in [5.41, 5.74) is 2.20. The topological polar surface area (TPSA) is 78.3 Å². The van der Waals surface area contributed by atoms with Crippen molar-refractivity contribution in [1.82, 2.24) is 14.8 Å². The van der Waals surface area contributed by atoms with Gasteiger partial charge in [0.2, 0.25) is 11.1 Å². The lowest BCUT2D eigenvalue weighted by atomic mass is 9.95. The number of ether oxygens (including phenoxy) is 2. The number of allylic oxidation sites excluding steroid dienone is 1. The first kappa shape index (κ1) is 24.2. The fraction of sp³-hybridized carbons (Fsp3) is 0.542. The lowest BCUT2D eigenvalue weighted by Gasteiger charge is -2.28. The first-order valence-corrected chi connectivity index (χ1v) is 12.5. The number of aromatic nitrogens is 3. The number of nitrogens with one attached hydrogen (secondary N) is 1. The highest BCUT2D eigenvalue weighted by molar-refractivity contribution is 7.99. The number of fused-ring (bicyclic) bond motifs is 1. The van der Waals surface area contributed by atoms with Crippen molar-refractivity contribution in [1.29, 1.82) is 0 Å². The summed E-state index contributed by atoms with van der Waals surface area (Å²) in [6.07, 6.45) is 5.07. The molecule has 0 amide bonds. The van der Waals surface area contributed by atoms with Crippen LogP contribution in [-0.2, 0) is 9.53 Å². The lowest BCUT2D eigenvalue weighted by molar-refractivity contribution is -0.139. The minimum atomic E-state index is -0.432. The zero-order chi connectivity index (χ0) is 22.9. The fourth-order valence-corrected chi connectivity index (χ4v) is 4.37. The second-order valence-electron chi connectivity index (χ2n) is 7.84. The number of nitrogens with zero attached hydrogens (tertiary/aromatic N) is 3. The molecule has 1 atom stereocenters. The lowest BCUT2D eigenvalue weighted by Crippen LogP contribution is -2.29. The van der Waals surface area contributed by atoms with E-state index < -0.39 is 6.04 Å². The molecule has 0 fully saturated rings. The molecule has 0 aliphatic carbocycles. The molecule has 1 unspecified atom stereocenters. The molecule has 0 saturated carbocycles. The van der Waals surface area contributed by atoms with E-state index in [9.17, 15) is 4.79 Å². The molecule has 2 heterocycles. The minimum Gasteiger partial charge on any atom is -0.494 e.